The summed E-state index contributed by atoms with van der Waals surface area (Å²) in [5, 5.41) is 2.71. The fraction of sp³-hybridized carbons (Fsp3) is 0.222. The fourth-order valence-corrected chi connectivity index (χ4v) is 6.15. The van der Waals surface area contributed by atoms with Gasteiger partial charge in [-0.05, 0) is 65.9 Å². The van der Waals surface area contributed by atoms with Gasteiger partial charge in [-0.1, -0.05) is 30.3 Å². The molecule has 11 heteroatoms. The summed E-state index contributed by atoms with van der Waals surface area (Å²) in [6.45, 7) is 0.233. The summed E-state index contributed by atoms with van der Waals surface area (Å²) >= 11 is 0. The highest BCUT2D eigenvalue weighted by atomic mass is 32.2. The number of rotatable bonds is 6. The van der Waals surface area contributed by atoms with Crippen LogP contribution in [-0.2, 0) is 27.5 Å². The van der Waals surface area contributed by atoms with E-state index in [0.717, 1.165) is 16.4 Å². The molecule has 4 aromatic rings. The van der Waals surface area contributed by atoms with E-state index in [2.05, 4.69) is 5.32 Å². The van der Waals surface area contributed by atoms with Crippen LogP contribution in [0.15, 0.2) is 82.3 Å². The molecule has 1 aromatic heterocycles. The lowest BCUT2D eigenvalue weighted by Gasteiger charge is -2.22. The van der Waals surface area contributed by atoms with Gasteiger partial charge in [0.05, 0.1) is 5.56 Å². The van der Waals surface area contributed by atoms with E-state index in [1.165, 1.54) is 36.4 Å². The van der Waals surface area contributed by atoms with Crippen molar-refractivity contribution in [3.63, 3.8) is 0 Å². The summed E-state index contributed by atoms with van der Waals surface area (Å²) in [6, 6.07) is 15.8. The Kier molecular flexibility index (Phi) is 6.74. The maximum absolute atomic E-state index is 13.5. The van der Waals surface area contributed by atoms with Crippen molar-refractivity contribution in [2.45, 2.75) is 36.7 Å². The van der Waals surface area contributed by atoms with Crippen LogP contribution in [0.5, 0.6) is 0 Å². The van der Waals surface area contributed by atoms with Crippen molar-refractivity contribution in [2.24, 2.45) is 0 Å². The molecule has 0 radical (unpaired) electrons. The van der Waals surface area contributed by atoms with E-state index in [9.17, 15) is 30.8 Å². The highest BCUT2D eigenvalue weighted by molar-refractivity contribution is 7.89. The third-order valence-electron chi connectivity index (χ3n) is 6.46. The highest BCUT2D eigenvalue weighted by Crippen LogP contribution is 2.32. The topological polar surface area (TPSA) is 79.6 Å². The molecule has 1 unspecified atom stereocenters. The van der Waals surface area contributed by atoms with Gasteiger partial charge < -0.3 is 9.73 Å². The second-order valence-electron chi connectivity index (χ2n) is 9.01. The van der Waals surface area contributed by atoms with E-state index in [0.29, 0.717) is 34.9 Å². The van der Waals surface area contributed by atoms with E-state index in [-0.39, 0.29) is 23.8 Å². The molecular weight excluding hydrogens is 524 g/mol. The van der Waals surface area contributed by atoms with Gasteiger partial charge in [0.2, 0.25) is 11.0 Å². The second-order valence-corrected chi connectivity index (χ2v) is 10.8. The summed E-state index contributed by atoms with van der Waals surface area (Å²) in [6.07, 6.45) is -3.62. The van der Waals surface area contributed by atoms with Crippen LogP contribution in [0.1, 0.15) is 24.0 Å². The maximum Gasteiger partial charge on any atom is 0.416 e. The SMILES string of the molecule is O=C(NCc1cccc(-c2ccc(C(F)(F)F)cc2)c1)C1CCCN1S(=O)(=O)c1cc2cc(F)ccc2o1. The Bertz CT molecular complexity index is 1600. The van der Waals surface area contributed by atoms with Crippen molar-refractivity contribution in [2.75, 3.05) is 6.54 Å². The summed E-state index contributed by atoms with van der Waals surface area (Å²) in [5.41, 5.74) is 1.44. The largest absolute Gasteiger partial charge is 0.443 e. The predicted molar refractivity (Wildman–Crippen MR) is 132 cm³/mol. The average Bonchev–Trinajstić information content (AvgIpc) is 3.55. The molecule has 5 rings (SSSR count). The van der Waals surface area contributed by atoms with E-state index in [4.69, 9.17) is 4.42 Å². The Morgan fingerprint density at radius 1 is 1.00 bits per heavy atom. The highest BCUT2D eigenvalue weighted by Gasteiger charge is 2.41. The lowest BCUT2D eigenvalue weighted by Crippen LogP contribution is -2.45. The smallest absolute Gasteiger partial charge is 0.416 e. The third-order valence-corrected chi connectivity index (χ3v) is 8.23. The first-order valence-corrected chi connectivity index (χ1v) is 13.2. The monoisotopic (exact) mass is 546 g/mol. The van der Waals surface area contributed by atoms with Crippen LogP contribution < -0.4 is 5.32 Å². The Balaban J connectivity index is 1.28. The number of benzene rings is 3. The van der Waals surface area contributed by atoms with Crippen molar-refractivity contribution < 1.29 is 35.2 Å². The van der Waals surface area contributed by atoms with Crippen LogP contribution in [0.25, 0.3) is 22.1 Å². The standard InChI is InChI=1S/C27H22F4N2O4S/c28-22-10-11-24-20(14-22)15-25(37-24)38(35,36)33-12-2-5-23(33)26(34)32-16-17-3-1-4-19(13-17)18-6-8-21(9-7-18)27(29,30)31/h1,3-4,6-11,13-15,23H,2,5,12,16H2,(H,32,34). The number of nitrogens with zero attached hydrogens (tertiary/aromatic N) is 1. The fourth-order valence-electron chi connectivity index (χ4n) is 4.54. The first kappa shape index (κ1) is 25.9. The second kappa shape index (κ2) is 9.88. The van der Waals surface area contributed by atoms with Crippen LogP contribution >= 0.6 is 0 Å². The zero-order chi connectivity index (χ0) is 27.1. The molecule has 6 nitrogen and oxygen atoms in total. The van der Waals surface area contributed by atoms with Gasteiger partial charge in [-0.25, -0.2) is 12.8 Å². The first-order valence-electron chi connectivity index (χ1n) is 11.8. The van der Waals surface area contributed by atoms with Gasteiger partial charge in [0.1, 0.15) is 17.4 Å². The number of hydrogen-bond acceptors (Lipinski definition) is 4. The van der Waals surface area contributed by atoms with Gasteiger partial charge in [0.15, 0.2) is 0 Å². The number of amides is 1. The van der Waals surface area contributed by atoms with Crippen LogP contribution in [0.3, 0.4) is 0 Å². The summed E-state index contributed by atoms with van der Waals surface area (Å²) in [5.74, 6) is -1.00. The number of furan rings is 1. The molecule has 2 heterocycles. The first-order chi connectivity index (χ1) is 18.0. The number of sulfonamides is 1. The van der Waals surface area contributed by atoms with Crippen molar-refractivity contribution in [3.05, 3.63) is 89.7 Å². The minimum absolute atomic E-state index is 0.0988. The van der Waals surface area contributed by atoms with Crippen LogP contribution in [0.4, 0.5) is 17.6 Å². The maximum atomic E-state index is 13.5. The van der Waals surface area contributed by atoms with E-state index >= 15 is 0 Å². The molecule has 1 N–H and O–H groups in total. The molecular formula is C27H22F4N2O4S. The summed E-state index contributed by atoms with van der Waals surface area (Å²) < 4.78 is 85.1. The molecule has 1 aliphatic heterocycles. The van der Waals surface area contributed by atoms with E-state index in [1.807, 2.05) is 0 Å². The van der Waals surface area contributed by atoms with Crippen molar-refractivity contribution in [3.8, 4) is 11.1 Å². The van der Waals surface area contributed by atoms with Gasteiger partial charge in [-0.15, -0.1) is 0 Å². The number of nitrogens with one attached hydrogen (secondary N) is 1. The molecule has 198 valence electrons. The lowest BCUT2D eigenvalue weighted by atomic mass is 10.0. The zero-order valence-electron chi connectivity index (χ0n) is 19.8. The number of hydrogen-bond donors (Lipinski definition) is 1. The quantitative estimate of drug-likeness (QED) is 0.314. The minimum Gasteiger partial charge on any atom is -0.443 e. The van der Waals surface area contributed by atoms with Crippen molar-refractivity contribution >= 4 is 26.9 Å². The molecule has 1 amide bonds. The molecule has 3 aromatic carbocycles. The zero-order valence-corrected chi connectivity index (χ0v) is 20.7. The van der Waals surface area contributed by atoms with Crippen LogP contribution in [0, 0.1) is 5.82 Å². The van der Waals surface area contributed by atoms with Crippen LogP contribution in [0.2, 0.25) is 0 Å². The van der Waals surface area contributed by atoms with Gasteiger partial charge in [0, 0.05) is 24.5 Å². The molecule has 1 aliphatic rings. The van der Waals surface area contributed by atoms with E-state index < -0.39 is 39.5 Å². The Morgan fingerprint density at radius 2 is 1.76 bits per heavy atom. The summed E-state index contributed by atoms with van der Waals surface area (Å²) in [7, 11) is -4.14. The lowest BCUT2D eigenvalue weighted by molar-refractivity contribution is -0.137. The number of fused-ring (bicyclic) bond motifs is 1. The molecule has 1 atom stereocenters. The summed E-state index contributed by atoms with van der Waals surface area (Å²) in [4.78, 5) is 13.0. The predicted octanol–water partition coefficient (Wildman–Crippen LogP) is 5.73. The molecule has 1 saturated heterocycles. The number of carbonyl (C=O) groups is 1. The molecule has 0 aliphatic carbocycles. The molecule has 0 bridgehead atoms. The Labute approximate surface area is 215 Å². The van der Waals surface area contributed by atoms with E-state index in [1.54, 1.807) is 24.3 Å². The minimum atomic E-state index is -4.42. The third kappa shape index (κ3) is 5.16. The Hall–Kier alpha value is -3.70. The number of carbonyl (C=O) groups excluding carboxylic acids is 1. The van der Waals surface area contributed by atoms with Gasteiger partial charge in [-0.2, -0.15) is 17.5 Å². The van der Waals surface area contributed by atoms with Gasteiger partial charge >= 0.3 is 6.18 Å². The average molecular weight is 547 g/mol. The number of alkyl halides is 3. The molecule has 38 heavy (non-hydrogen) atoms. The van der Waals surface area contributed by atoms with Gasteiger partial charge in [0.25, 0.3) is 10.0 Å². The normalized spacial score (nSPS) is 16.7. The van der Waals surface area contributed by atoms with Crippen molar-refractivity contribution in [1.82, 2.24) is 9.62 Å². The van der Waals surface area contributed by atoms with Crippen molar-refractivity contribution in [1.29, 1.82) is 0 Å². The molecule has 0 spiro atoms. The Morgan fingerprint density at radius 3 is 2.50 bits per heavy atom. The number of halogens is 4. The molecule has 0 saturated carbocycles. The van der Waals surface area contributed by atoms with Crippen LogP contribution in [-0.4, -0.2) is 31.2 Å². The van der Waals surface area contributed by atoms with Gasteiger partial charge in [-0.3, -0.25) is 4.79 Å². The molecule has 1 fully saturated rings.